The number of nitrogens with zero attached hydrogens (tertiary/aromatic N) is 2. The van der Waals surface area contributed by atoms with Crippen LogP contribution >= 0.6 is 0 Å². The molecule has 0 amide bonds. The van der Waals surface area contributed by atoms with Gasteiger partial charge in [0.1, 0.15) is 5.52 Å². The van der Waals surface area contributed by atoms with Crippen LogP contribution in [0.5, 0.6) is 5.75 Å². The zero-order valence-corrected chi connectivity index (χ0v) is 19.0. The van der Waals surface area contributed by atoms with Gasteiger partial charge in [-0.1, -0.05) is 6.07 Å². The highest BCUT2D eigenvalue weighted by molar-refractivity contribution is 7.90. The fourth-order valence-corrected chi connectivity index (χ4v) is 5.37. The Balaban J connectivity index is 2.06. The summed E-state index contributed by atoms with van der Waals surface area (Å²) in [6, 6.07) is 5.21. The molecule has 1 aliphatic heterocycles. The van der Waals surface area contributed by atoms with Crippen molar-refractivity contribution >= 4 is 20.9 Å². The SMILES string of the molecule is Cc1c(-c2c(O)c3ncccc3n(CC(F)F)c2=O)ccc(S(C)(=O)=O)c1C1CC(C)ON1. The molecule has 0 radical (unpaired) electrons. The van der Waals surface area contributed by atoms with E-state index in [0.29, 0.717) is 17.5 Å². The van der Waals surface area contributed by atoms with Gasteiger partial charge in [0.25, 0.3) is 12.0 Å². The van der Waals surface area contributed by atoms with Crippen LogP contribution in [0.2, 0.25) is 0 Å². The van der Waals surface area contributed by atoms with Crippen LogP contribution in [-0.2, 0) is 21.2 Å². The standard InChI is InChI=1S/C22H23F2N3O5S/c1-11-9-14(26-32-11)18-12(2)13(6-7-16(18)33(3,30)31)19-21(28)20-15(5-4-8-25-20)27(22(19)29)10-17(23)24/h4-8,11,14,17,26,28H,9-10H2,1-3H3. The number of alkyl halides is 2. The minimum Gasteiger partial charge on any atom is -0.505 e. The monoisotopic (exact) mass is 479 g/mol. The Hall–Kier alpha value is -2.89. The van der Waals surface area contributed by atoms with E-state index in [0.717, 1.165) is 10.8 Å². The van der Waals surface area contributed by atoms with Crippen molar-refractivity contribution in [2.75, 3.05) is 6.26 Å². The number of sulfone groups is 1. The summed E-state index contributed by atoms with van der Waals surface area (Å²) in [6.07, 6.45) is -0.0405. The van der Waals surface area contributed by atoms with Crippen LogP contribution in [0.4, 0.5) is 8.78 Å². The smallest absolute Gasteiger partial charge is 0.263 e. The summed E-state index contributed by atoms with van der Waals surface area (Å²) < 4.78 is 52.5. The van der Waals surface area contributed by atoms with Crippen molar-refractivity contribution in [3.8, 4) is 16.9 Å². The molecular formula is C22H23F2N3O5S. The van der Waals surface area contributed by atoms with Crippen LogP contribution in [0.25, 0.3) is 22.2 Å². The molecule has 0 bridgehead atoms. The number of pyridine rings is 2. The molecule has 2 N–H and O–H groups in total. The third kappa shape index (κ3) is 4.11. The second-order valence-electron chi connectivity index (χ2n) is 8.16. The zero-order chi connectivity index (χ0) is 24.1. The zero-order valence-electron chi connectivity index (χ0n) is 18.2. The molecule has 176 valence electrons. The Morgan fingerprint density at radius 1 is 1.33 bits per heavy atom. The molecule has 2 atom stereocenters. The van der Waals surface area contributed by atoms with Crippen molar-refractivity contribution in [3.63, 3.8) is 0 Å². The molecule has 1 aliphatic rings. The van der Waals surface area contributed by atoms with Gasteiger partial charge in [-0.25, -0.2) is 17.2 Å². The second-order valence-corrected chi connectivity index (χ2v) is 10.1. The van der Waals surface area contributed by atoms with Crippen molar-refractivity contribution in [3.05, 3.63) is 51.9 Å². The van der Waals surface area contributed by atoms with Crippen molar-refractivity contribution in [1.29, 1.82) is 0 Å². The maximum absolute atomic E-state index is 13.3. The molecule has 1 aromatic carbocycles. The lowest BCUT2D eigenvalue weighted by atomic mass is 9.91. The first-order chi connectivity index (χ1) is 15.5. The first kappa shape index (κ1) is 23.3. The molecule has 3 aromatic rings. The van der Waals surface area contributed by atoms with Crippen LogP contribution < -0.4 is 11.0 Å². The Morgan fingerprint density at radius 3 is 2.67 bits per heavy atom. The first-order valence-corrected chi connectivity index (χ1v) is 12.1. The van der Waals surface area contributed by atoms with Gasteiger partial charge in [0.15, 0.2) is 15.6 Å². The van der Waals surface area contributed by atoms with E-state index in [1.54, 1.807) is 6.92 Å². The van der Waals surface area contributed by atoms with Crippen molar-refractivity contribution in [1.82, 2.24) is 15.0 Å². The molecule has 8 nitrogen and oxygen atoms in total. The molecule has 0 aliphatic carbocycles. The number of hydroxylamine groups is 1. The number of nitrogens with one attached hydrogen (secondary N) is 1. The van der Waals surface area contributed by atoms with Crippen LogP contribution in [0, 0.1) is 6.92 Å². The molecule has 4 rings (SSSR count). The quantitative estimate of drug-likeness (QED) is 0.579. The fraction of sp³-hybridized carbons (Fsp3) is 0.364. The highest BCUT2D eigenvalue weighted by Crippen LogP contribution is 2.40. The van der Waals surface area contributed by atoms with E-state index in [9.17, 15) is 27.1 Å². The average Bonchev–Trinajstić information content (AvgIpc) is 3.17. The summed E-state index contributed by atoms with van der Waals surface area (Å²) >= 11 is 0. The third-order valence-corrected chi connectivity index (χ3v) is 6.94. The summed E-state index contributed by atoms with van der Waals surface area (Å²) in [4.78, 5) is 22.9. The normalized spacial score (nSPS) is 19.0. The Morgan fingerprint density at radius 2 is 2.06 bits per heavy atom. The van der Waals surface area contributed by atoms with Crippen molar-refractivity contribution < 1.29 is 27.1 Å². The molecule has 0 spiro atoms. The van der Waals surface area contributed by atoms with E-state index < -0.39 is 40.2 Å². The van der Waals surface area contributed by atoms with Crippen molar-refractivity contribution in [2.45, 2.75) is 50.3 Å². The van der Waals surface area contributed by atoms with E-state index in [1.807, 2.05) is 6.92 Å². The number of fused-ring (bicyclic) bond motifs is 1. The number of halogens is 2. The number of aromatic hydroxyl groups is 1. The molecule has 33 heavy (non-hydrogen) atoms. The van der Waals surface area contributed by atoms with Gasteiger partial charge in [0.2, 0.25) is 0 Å². The molecule has 2 unspecified atom stereocenters. The molecule has 11 heteroatoms. The number of benzene rings is 1. The highest BCUT2D eigenvalue weighted by atomic mass is 32.2. The van der Waals surface area contributed by atoms with Gasteiger partial charge in [0.05, 0.1) is 34.7 Å². The van der Waals surface area contributed by atoms with Gasteiger partial charge < -0.3 is 9.67 Å². The topological polar surface area (TPSA) is 111 Å². The Bertz CT molecular complexity index is 1410. The lowest BCUT2D eigenvalue weighted by Crippen LogP contribution is -2.26. The Labute approximate surface area is 188 Å². The third-order valence-electron chi connectivity index (χ3n) is 5.79. The summed E-state index contributed by atoms with van der Waals surface area (Å²) in [5.74, 6) is -0.453. The highest BCUT2D eigenvalue weighted by Gasteiger charge is 2.32. The minimum atomic E-state index is -3.64. The predicted octanol–water partition coefficient (Wildman–Crippen LogP) is 3.10. The number of hydrogen-bond acceptors (Lipinski definition) is 7. The summed E-state index contributed by atoms with van der Waals surface area (Å²) in [7, 11) is -3.64. The first-order valence-electron chi connectivity index (χ1n) is 10.2. The Kier molecular flexibility index (Phi) is 5.97. The molecule has 2 aromatic heterocycles. The lowest BCUT2D eigenvalue weighted by Gasteiger charge is -2.21. The largest absolute Gasteiger partial charge is 0.505 e. The molecule has 1 saturated heterocycles. The fourth-order valence-electron chi connectivity index (χ4n) is 4.36. The summed E-state index contributed by atoms with van der Waals surface area (Å²) in [5.41, 5.74) is 2.92. The number of hydrogen-bond donors (Lipinski definition) is 2. The van der Waals surface area contributed by atoms with Crippen LogP contribution in [0.15, 0.2) is 40.2 Å². The van der Waals surface area contributed by atoms with Gasteiger partial charge in [-0.2, -0.15) is 5.48 Å². The van der Waals surface area contributed by atoms with E-state index in [4.69, 9.17) is 4.84 Å². The number of aromatic nitrogens is 2. The maximum Gasteiger partial charge on any atom is 0.263 e. The molecule has 0 saturated carbocycles. The molecule has 1 fully saturated rings. The molecular weight excluding hydrogens is 456 g/mol. The van der Waals surface area contributed by atoms with Gasteiger partial charge in [-0.05, 0) is 55.2 Å². The van der Waals surface area contributed by atoms with Gasteiger partial charge in [-0.3, -0.25) is 14.6 Å². The number of rotatable bonds is 5. The minimum absolute atomic E-state index is 0.00293. The van der Waals surface area contributed by atoms with E-state index >= 15 is 0 Å². The van der Waals surface area contributed by atoms with Crippen LogP contribution in [-0.4, -0.2) is 41.9 Å². The summed E-state index contributed by atoms with van der Waals surface area (Å²) in [5, 5.41) is 11.0. The van der Waals surface area contributed by atoms with E-state index in [2.05, 4.69) is 10.5 Å². The van der Waals surface area contributed by atoms with Gasteiger partial charge in [0, 0.05) is 12.5 Å². The van der Waals surface area contributed by atoms with Crippen LogP contribution in [0.1, 0.15) is 30.5 Å². The maximum atomic E-state index is 13.3. The van der Waals surface area contributed by atoms with Gasteiger partial charge >= 0.3 is 0 Å². The second kappa shape index (κ2) is 8.47. The average molecular weight is 480 g/mol. The van der Waals surface area contributed by atoms with Gasteiger partial charge in [-0.15, -0.1) is 0 Å². The summed E-state index contributed by atoms with van der Waals surface area (Å²) in [6.45, 7) is 2.58. The van der Waals surface area contributed by atoms with Crippen molar-refractivity contribution in [2.24, 2.45) is 0 Å². The van der Waals surface area contributed by atoms with E-state index in [1.165, 1.54) is 30.5 Å². The van der Waals surface area contributed by atoms with E-state index in [-0.39, 0.29) is 33.2 Å². The lowest BCUT2D eigenvalue weighted by molar-refractivity contribution is 0.0361. The predicted molar refractivity (Wildman–Crippen MR) is 118 cm³/mol. The van der Waals surface area contributed by atoms with Crippen LogP contribution in [0.3, 0.4) is 0 Å². The molecule has 3 heterocycles.